The number of carbonyl (C=O) groups is 1. The first-order chi connectivity index (χ1) is 9.63. The number of hydrogen-bond donors (Lipinski definition) is 2. The zero-order valence-corrected chi connectivity index (χ0v) is 10.8. The van der Waals surface area contributed by atoms with Crippen molar-refractivity contribution < 1.29 is 14.5 Å². The molecule has 0 saturated carbocycles. The maximum Gasteiger partial charge on any atom is 0.292 e. The molecule has 2 aliphatic heterocycles. The minimum atomic E-state index is -0.430. The number of anilines is 2. The molecule has 0 radical (unpaired) electrons. The van der Waals surface area contributed by atoms with Gasteiger partial charge in [-0.05, 0) is 24.5 Å². The van der Waals surface area contributed by atoms with Crippen LogP contribution in [-0.4, -0.2) is 30.1 Å². The zero-order valence-electron chi connectivity index (χ0n) is 10.8. The number of nitrogens with one attached hydrogen (secondary N) is 2. The Morgan fingerprint density at radius 2 is 2.35 bits per heavy atom. The summed E-state index contributed by atoms with van der Waals surface area (Å²) in [5.41, 5.74) is 1.74. The second-order valence-corrected chi connectivity index (χ2v) is 5.02. The molecule has 0 aliphatic carbocycles. The Labute approximate surface area is 115 Å². The predicted octanol–water partition coefficient (Wildman–Crippen LogP) is 1.68. The van der Waals surface area contributed by atoms with Crippen LogP contribution in [0.5, 0.6) is 0 Å². The second-order valence-electron chi connectivity index (χ2n) is 5.02. The molecule has 2 heterocycles. The fourth-order valence-corrected chi connectivity index (χ4v) is 2.58. The number of amides is 1. The number of hydrogen-bond acceptors (Lipinski definition) is 5. The summed E-state index contributed by atoms with van der Waals surface area (Å²) in [5, 5.41) is 16.9. The van der Waals surface area contributed by atoms with Crippen molar-refractivity contribution in [3.8, 4) is 0 Å². The van der Waals surface area contributed by atoms with Crippen LogP contribution in [0.25, 0.3) is 0 Å². The Balaban J connectivity index is 1.82. The fourth-order valence-electron chi connectivity index (χ4n) is 2.58. The van der Waals surface area contributed by atoms with E-state index in [9.17, 15) is 14.9 Å². The maximum atomic E-state index is 11.3. The first-order valence-corrected chi connectivity index (χ1v) is 6.60. The highest BCUT2D eigenvalue weighted by molar-refractivity contribution is 6.00. The van der Waals surface area contributed by atoms with Crippen LogP contribution >= 0.6 is 0 Å². The number of nitro benzene ring substituents is 1. The van der Waals surface area contributed by atoms with Crippen LogP contribution < -0.4 is 10.6 Å². The molecule has 1 atom stereocenters. The Morgan fingerprint density at radius 1 is 1.50 bits per heavy atom. The zero-order chi connectivity index (χ0) is 14.1. The fraction of sp³-hybridized carbons (Fsp3) is 0.462. The number of fused-ring (bicyclic) bond motifs is 1. The summed E-state index contributed by atoms with van der Waals surface area (Å²) in [7, 11) is 0. The first-order valence-electron chi connectivity index (χ1n) is 6.60. The van der Waals surface area contributed by atoms with Gasteiger partial charge in [0.2, 0.25) is 5.91 Å². The van der Waals surface area contributed by atoms with Crippen molar-refractivity contribution >= 4 is 23.0 Å². The number of carbonyl (C=O) groups excluding carboxylic acids is 1. The average molecular weight is 277 g/mol. The van der Waals surface area contributed by atoms with Gasteiger partial charge in [-0.3, -0.25) is 14.9 Å². The molecule has 0 bridgehead atoms. The molecule has 1 saturated heterocycles. The van der Waals surface area contributed by atoms with E-state index in [4.69, 9.17) is 4.74 Å². The number of nitrogens with zero attached hydrogens (tertiary/aromatic N) is 1. The highest BCUT2D eigenvalue weighted by atomic mass is 16.6. The van der Waals surface area contributed by atoms with Crippen molar-refractivity contribution in [3.63, 3.8) is 0 Å². The third-order valence-corrected chi connectivity index (χ3v) is 3.59. The summed E-state index contributed by atoms with van der Waals surface area (Å²) in [5.74, 6) is -0.134. The summed E-state index contributed by atoms with van der Waals surface area (Å²) in [6, 6.07) is 3.10. The molecule has 7 nitrogen and oxygen atoms in total. The van der Waals surface area contributed by atoms with E-state index in [0.29, 0.717) is 23.5 Å². The predicted molar refractivity (Wildman–Crippen MR) is 72.9 cm³/mol. The maximum absolute atomic E-state index is 11.3. The van der Waals surface area contributed by atoms with Crippen molar-refractivity contribution in [1.82, 2.24) is 0 Å². The molecule has 2 aliphatic rings. The Morgan fingerprint density at radius 3 is 3.05 bits per heavy atom. The lowest BCUT2D eigenvalue weighted by Crippen LogP contribution is -2.19. The van der Waals surface area contributed by atoms with Gasteiger partial charge in [0, 0.05) is 24.9 Å². The van der Waals surface area contributed by atoms with Gasteiger partial charge in [-0.1, -0.05) is 0 Å². The average Bonchev–Trinajstić information content (AvgIpc) is 3.02. The summed E-state index contributed by atoms with van der Waals surface area (Å²) in [6.07, 6.45) is 2.27. The van der Waals surface area contributed by atoms with Gasteiger partial charge >= 0.3 is 0 Å². The van der Waals surface area contributed by atoms with E-state index < -0.39 is 4.92 Å². The lowest BCUT2D eigenvalue weighted by Gasteiger charge is -2.13. The lowest BCUT2D eigenvalue weighted by atomic mass is 10.1. The number of ether oxygens (including phenoxy) is 1. The monoisotopic (exact) mass is 277 g/mol. The Bertz CT molecular complexity index is 567. The molecule has 2 N–H and O–H groups in total. The topological polar surface area (TPSA) is 93.5 Å². The van der Waals surface area contributed by atoms with Crippen molar-refractivity contribution in [2.75, 3.05) is 23.8 Å². The van der Waals surface area contributed by atoms with Crippen molar-refractivity contribution in [2.45, 2.75) is 25.4 Å². The highest BCUT2D eigenvalue weighted by Crippen LogP contribution is 2.34. The van der Waals surface area contributed by atoms with Crippen LogP contribution in [0.1, 0.15) is 18.4 Å². The number of benzene rings is 1. The quantitative estimate of drug-likeness (QED) is 0.645. The molecule has 106 valence electrons. The van der Waals surface area contributed by atoms with E-state index in [1.165, 1.54) is 6.07 Å². The molecule has 1 unspecified atom stereocenters. The van der Waals surface area contributed by atoms with Gasteiger partial charge in [0.05, 0.1) is 17.4 Å². The first kappa shape index (κ1) is 12.9. The molecular formula is C13H15N3O4. The van der Waals surface area contributed by atoms with Gasteiger partial charge in [0.1, 0.15) is 5.69 Å². The van der Waals surface area contributed by atoms with Crippen molar-refractivity contribution in [1.29, 1.82) is 0 Å². The van der Waals surface area contributed by atoms with E-state index in [0.717, 1.165) is 19.4 Å². The third kappa shape index (κ3) is 2.44. The van der Waals surface area contributed by atoms with Crippen LogP contribution in [-0.2, 0) is 16.0 Å². The third-order valence-electron chi connectivity index (χ3n) is 3.59. The van der Waals surface area contributed by atoms with Gasteiger partial charge in [-0.2, -0.15) is 0 Å². The van der Waals surface area contributed by atoms with E-state index in [1.54, 1.807) is 6.07 Å². The molecule has 20 heavy (non-hydrogen) atoms. The smallest absolute Gasteiger partial charge is 0.292 e. The van der Waals surface area contributed by atoms with Gasteiger partial charge in [-0.25, -0.2) is 0 Å². The summed E-state index contributed by atoms with van der Waals surface area (Å²) in [4.78, 5) is 22.0. The van der Waals surface area contributed by atoms with Crippen LogP contribution in [0.4, 0.5) is 17.1 Å². The standard InChI is InChI=1S/C13H15N3O4/c17-13-5-8-4-12(16(18)19)11(6-10(8)15-13)14-7-9-2-1-3-20-9/h4,6,9,14H,1-3,5,7H2,(H,15,17). The molecule has 1 aromatic rings. The van der Waals surface area contributed by atoms with Gasteiger partial charge in [0.25, 0.3) is 5.69 Å². The lowest BCUT2D eigenvalue weighted by molar-refractivity contribution is -0.384. The Kier molecular flexibility index (Phi) is 3.27. The molecule has 7 heteroatoms. The Hall–Kier alpha value is -2.15. The van der Waals surface area contributed by atoms with Crippen LogP contribution in [0, 0.1) is 10.1 Å². The largest absolute Gasteiger partial charge is 0.377 e. The molecule has 3 rings (SSSR count). The van der Waals surface area contributed by atoms with Gasteiger partial charge in [-0.15, -0.1) is 0 Å². The second kappa shape index (κ2) is 5.09. The van der Waals surface area contributed by atoms with Gasteiger partial charge in [0.15, 0.2) is 0 Å². The van der Waals surface area contributed by atoms with Crippen molar-refractivity contribution in [3.05, 3.63) is 27.8 Å². The summed E-state index contributed by atoms with van der Waals surface area (Å²) >= 11 is 0. The van der Waals surface area contributed by atoms with E-state index in [2.05, 4.69) is 10.6 Å². The van der Waals surface area contributed by atoms with E-state index in [-0.39, 0.29) is 24.1 Å². The number of rotatable bonds is 4. The van der Waals surface area contributed by atoms with Crippen LogP contribution in [0.3, 0.4) is 0 Å². The van der Waals surface area contributed by atoms with Crippen molar-refractivity contribution in [2.24, 2.45) is 0 Å². The molecule has 0 aromatic heterocycles. The molecular weight excluding hydrogens is 262 g/mol. The molecule has 1 aromatic carbocycles. The minimum Gasteiger partial charge on any atom is -0.377 e. The summed E-state index contributed by atoms with van der Waals surface area (Å²) in [6.45, 7) is 1.28. The summed E-state index contributed by atoms with van der Waals surface area (Å²) < 4.78 is 5.48. The number of nitro groups is 1. The van der Waals surface area contributed by atoms with E-state index in [1.807, 2.05) is 0 Å². The van der Waals surface area contributed by atoms with Crippen LogP contribution in [0.15, 0.2) is 12.1 Å². The SMILES string of the molecule is O=C1Cc2cc([N+](=O)[O-])c(NCC3CCCO3)cc2N1. The highest BCUT2D eigenvalue weighted by Gasteiger charge is 2.25. The van der Waals surface area contributed by atoms with Gasteiger partial charge < -0.3 is 15.4 Å². The van der Waals surface area contributed by atoms with Crippen LogP contribution in [0.2, 0.25) is 0 Å². The minimum absolute atomic E-state index is 0.00162. The normalized spacial score (nSPS) is 20.6. The molecule has 1 amide bonds. The van der Waals surface area contributed by atoms with E-state index >= 15 is 0 Å². The molecule has 0 spiro atoms. The molecule has 1 fully saturated rings.